The zero-order valence-electron chi connectivity index (χ0n) is 11.2. The summed E-state index contributed by atoms with van der Waals surface area (Å²) < 4.78 is 2.64. The molecular formula is C12H17BrN4OS. The van der Waals surface area contributed by atoms with Gasteiger partial charge >= 0.3 is 0 Å². The third-order valence-corrected chi connectivity index (χ3v) is 4.35. The van der Waals surface area contributed by atoms with Crippen LogP contribution in [-0.2, 0) is 6.54 Å². The molecule has 5 nitrogen and oxygen atoms in total. The first-order valence-corrected chi connectivity index (χ1v) is 7.62. The van der Waals surface area contributed by atoms with Gasteiger partial charge in [-0.3, -0.25) is 4.68 Å². The number of thiazole rings is 1. The first kappa shape index (κ1) is 14.6. The summed E-state index contributed by atoms with van der Waals surface area (Å²) in [6, 6.07) is 0. The van der Waals surface area contributed by atoms with E-state index in [0.717, 1.165) is 29.0 Å². The van der Waals surface area contributed by atoms with Crippen LogP contribution >= 0.6 is 27.3 Å². The fourth-order valence-electron chi connectivity index (χ4n) is 1.73. The van der Waals surface area contributed by atoms with E-state index in [4.69, 9.17) is 0 Å². The topological polar surface area (TPSA) is 54.2 Å². The number of halogens is 1. The van der Waals surface area contributed by atoms with Gasteiger partial charge < -0.3 is 10.0 Å². The second-order valence-electron chi connectivity index (χ2n) is 4.63. The van der Waals surface area contributed by atoms with Crippen LogP contribution in [-0.4, -0.2) is 45.4 Å². The molecule has 2 aromatic rings. The van der Waals surface area contributed by atoms with Crippen molar-refractivity contribution in [1.82, 2.24) is 19.7 Å². The lowest BCUT2D eigenvalue weighted by Crippen LogP contribution is -2.21. The number of aliphatic hydroxyl groups is 1. The average Bonchev–Trinajstić information content (AvgIpc) is 2.92. The molecule has 0 spiro atoms. The van der Waals surface area contributed by atoms with Crippen molar-refractivity contribution in [3.05, 3.63) is 32.4 Å². The summed E-state index contributed by atoms with van der Waals surface area (Å²) >= 11 is 4.91. The molecule has 19 heavy (non-hydrogen) atoms. The molecule has 2 aromatic heterocycles. The number of nitrogens with zero attached hydrogens (tertiary/aromatic N) is 4. The van der Waals surface area contributed by atoms with E-state index in [0.29, 0.717) is 5.01 Å². The minimum Gasteiger partial charge on any atom is -0.379 e. The van der Waals surface area contributed by atoms with Gasteiger partial charge in [-0.25, -0.2) is 4.98 Å². The van der Waals surface area contributed by atoms with Gasteiger partial charge in [0.1, 0.15) is 11.1 Å². The first-order valence-electron chi connectivity index (χ1n) is 5.95. The molecule has 0 aromatic carbocycles. The van der Waals surface area contributed by atoms with Gasteiger partial charge in [0.25, 0.3) is 0 Å². The van der Waals surface area contributed by atoms with Crippen molar-refractivity contribution in [3.63, 3.8) is 0 Å². The summed E-state index contributed by atoms with van der Waals surface area (Å²) in [6.45, 7) is 3.52. The molecule has 2 heterocycles. The Hall–Kier alpha value is -0.760. The minimum absolute atomic E-state index is 0.699. The highest BCUT2D eigenvalue weighted by Gasteiger charge is 2.22. The number of aryl methyl sites for hydroxylation is 1. The van der Waals surface area contributed by atoms with E-state index in [1.165, 1.54) is 11.3 Å². The van der Waals surface area contributed by atoms with E-state index < -0.39 is 6.10 Å². The maximum absolute atomic E-state index is 10.5. The zero-order chi connectivity index (χ0) is 14.0. The smallest absolute Gasteiger partial charge is 0.148 e. The maximum Gasteiger partial charge on any atom is 0.148 e. The number of rotatable bonds is 5. The number of hydrogen-bond donors (Lipinski definition) is 1. The molecule has 0 saturated carbocycles. The van der Waals surface area contributed by atoms with Crippen molar-refractivity contribution in [3.8, 4) is 0 Å². The molecular weight excluding hydrogens is 328 g/mol. The van der Waals surface area contributed by atoms with Crippen LogP contribution in [0.3, 0.4) is 0 Å². The van der Waals surface area contributed by atoms with Gasteiger partial charge in [0, 0.05) is 17.6 Å². The van der Waals surface area contributed by atoms with Crippen molar-refractivity contribution in [2.24, 2.45) is 0 Å². The molecule has 0 fully saturated rings. The number of aliphatic hydroxyl groups excluding tert-OH is 1. The summed E-state index contributed by atoms with van der Waals surface area (Å²) in [4.78, 5) is 6.42. The lowest BCUT2D eigenvalue weighted by atomic mass is 10.2. The molecule has 0 saturated heterocycles. The van der Waals surface area contributed by atoms with Crippen LogP contribution in [0.15, 0.2) is 16.0 Å². The Morgan fingerprint density at radius 1 is 1.53 bits per heavy atom. The van der Waals surface area contributed by atoms with Crippen LogP contribution in [0.25, 0.3) is 0 Å². The first-order chi connectivity index (χ1) is 8.99. The summed E-state index contributed by atoms with van der Waals surface area (Å²) in [5, 5.41) is 17.4. The Kier molecular flexibility index (Phi) is 4.72. The molecule has 0 radical (unpaired) electrons. The molecule has 0 aliphatic carbocycles. The van der Waals surface area contributed by atoms with Gasteiger partial charge in [0.2, 0.25) is 0 Å². The van der Waals surface area contributed by atoms with Crippen molar-refractivity contribution in [1.29, 1.82) is 0 Å². The molecule has 2 rings (SSSR count). The Labute approximate surface area is 125 Å². The normalized spacial score (nSPS) is 13.2. The SMILES string of the molecule is Cc1csc(C(O)c2c(Br)cnn2CCN(C)C)n1. The third kappa shape index (κ3) is 3.42. The number of likely N-dealkylation sites (N-methyl/N-ethyl adjacent to an activating group) is 1. The largest absolute Gasteiger partial charge is 0.379 e. The van der Waals surface area contributed by atoms with E-state index in [1.807, 2.05) is 31.1 Å². The minimum atomic E-state index is -0.738. The standard InChI is InChI=1S/C12H17BrN4OS/c1-8-7-19-12(15-8)11(18)10-9(13)6-14-17(10)5-4-16(2)3/h6-7,11,18H,4-5H2,1-3H3. The molecule has 0 aliphatic rings. The van der Waals surface area contributed by atoms with Crippen molar-refractivity contribution < 1.29 is 5.11 Å². The fourth-order valence-corrected chi connectivity index (χ4v) is 3.03. The second kappa shape index (κ2) is 6.13. The van der Waals surface area contributed by atoms with E-state index >= 15 is 0 Å². The van der Waals surface area contributed by atoms with E-state index in [1.54, 1.807) is 6.20 Å². The van der Waals surface area contributed by atoms with Gasteiger partial charge in [-0.1, -0.05) is 0 Å². The molecule has 1 N–H and O–H groups in total. The van der Waals surface area contributed by atoms with Gasteiger partial charge in [-0.15, -0.1) is 11.3 Å². The Morgan fingerprint density at radius 3 is 2.84 bits per heavy atom. The Morgan fingerprint density at radius 2 is 2.26 bits per heavy atom. The van der Waals surface area contributed by atoms with E-state index in [9.17, 15) is 5.11 Å². The van der Waals surface area contributed by atoms with Gasteiger partial charge in [-0.05, 0) is 36.9 Å². The predicted molar refractivity (Wildman–Crippen MR) is 79.4 cm³/mol. The zero-order valence-corrected chi connectivity index (χ0v) is 13.6. The fraction of sp³-hybridized carbons (Fsp3) is 0.500. The monoisotopic (exact) mass is 344 g/mol. The van der Waals surface area contributed by atoms with Crippen LogP contribution < -0.4 is 0 Å². The van der Waals surface area contributed by atoms with Gasteiger partial charge in [0.05, 0.1) is 22.9 Å². The second-order valence-corrected chi connectivity index (χ2v) is 6.38. The van der Waals surface area contributed by atoms with Crippen molar-refractivity contribution in [2.75, 3.05) is 20.6 Å². The highest BCUT2D eigenvalue weighted by molar-refractivity contribution is 9.10. The summed E-state index contributed by atoms with van der Waals surface area (Å²) in [7, 11) is 4.03. The summed E-state index contributed by atoms with van der Waals surface area (Å²) in [5.41, 5.74) is 1.69. The molecule has 104 valence electrons. The molecule has 7 heteroatoms. The number of aromatic nitrogens is 3. The van der Waals surface area contributed by atoms with Crippen LogP contribution in [0.2, 0.25) is 0 Å². The lowest BCUT2D eigenvalue weighted by Gasteiger charge is -2.14. The van der Waals surface area contributed by atoms with E-state index in [2.05, 4.69) is 30.9 Å². The average molecular weight is 345 g/mol. The van der Waals surface area contributed by atoms with Crippen LogP contribution in [0, 0.1) is 6.92 Å². The molecule has 0 amide bonds. The predicted octanol–water partition coefficient (Wildman–Crippen LogP) is 2.05. The molecule has 0 aliphatic heterocycles. The molecule has 0 bridgehead atoms. The lowest BCUT2D eigenvalue weighted by molar-refractivity contribution is 0.204. The highest BCUT2D eigenvalue weighted by atomic mass is 79.9. The summed E-state index contributed by atoms with van der Waals surface area (Å²) in [6.07, 6.45) is 0.979. The van der Waals surface area contributed by atoms with Crippen LogP contribution in [0.5, 0.6) is 0 Å². The van der Waals surface area contributed by atoms with Gasteiger partial charge in [-0.2, -0.15) is 5.10 Å². The molecule has 1 atom stereocenters. The highest BCUT2D eigenvalue weighted by Crippen LogP contribution is 2.30. The van der Waals surface area contributed by atoms with Crippen LogP contribution in [0.4, 0.5) is 0 Å². The van der Waals surface area contributed by atoms with Crippen LogP contribution in [0.1, 0.15) is 22.5 Å². The summed E-state index contributed by atoms with van der Waals surface area (Å²) in [5.74, 6) is 0. The third-order valence-electron chi connectivity index (χ3n) is 2.72. The quantitative estimate of drug-likeness (QED) is 0.901. The van der Waals surface area contributed by atoms with Gasteiger partial charge in [0.15, 0.2) is 0 Å². The Balaban J connectivity index is 2.25. The maximum atomic E-state index is 10.5. The van der Waals surface area contributed by atoms with E-state index in [-0.39, 0.29) is 0 Å². The van der Waals surface area contributed by atoms with Crippen molar-refractivity contribution in [2.45, 2.75) is 19.6 Å². The Bertz CT molecular complexity index is 552. The number of hydrogen-bond acceptors (Lipinski definition) is 5. The molecule has 1 unspecified atom stereocenters. The van der Waals surface area contributed by atoms with Crippen molar-refractivity contribution >= 4 is 27.3 Å².